The molecule has 0 spiro atoms. The van der Waals surface area contributed by atoms with E-state index in [0.29, 0.717) is 0 Å². The van der Waals surface area contributed by atoms with Crippen LogP contribution in [0.5, 0.6) is 5.88 Å². The summed E-state index contributed by atoms with van der Waals surface area (Å²) in [6, 6.07) is 2.02. The number of aromatic nitrogens is 1. The number of nitrogens with zero attached hydrogens (tertiary/aromatic N) is 1. The summed E-state index contributed by atoms with van der Waals surface area (Å²) in [5, 5.41) is 0. The van der Waals surface area contributed by atoms with Crippen LogP contribution in [0.15, 0.2) is 16.7 Å². The van der Waals surface area contributed by atoms with E-state index in [4.69, 9.17) is 4.74 Å². The molecule has 1 saturated carbocycles. The van der Waals surface area contributed by atoms with E-state index in [9.17, 15) is 0 Å². The van der Waals surface area contributed by atoms with Gasteiger partial charge in [0.2, 0.25) is 5.88 Å². The second-order valence-electron chi connectivity index (χ2n) is 3.55. The molecule has 1 aromatic rings. The van der Waals surface area contributed by atoms with Crippen LogP contribution in [0.4, 0.5) is 0 Å². The minimum absolute atomic E-state index is 0.720. The van der Waals surface area contributed by atoms with E-state index in [-0.39, 0.29) is 0 Å². The Kier molecular flexibility index (Phi) is 2.54. The molecule has 0 radical (unpaired) electrons. The Hall–Kier alpha value is -0.570. The van der Waals surface area contributed by atoms with E-state index < -0.39 is 0 Å². The molecule has 0 saturated heterocycles. The van der Waals surface area contributed by atoms with E-state index in [1.165, 1.54) is 12.8 Å². The fourth-order valence-corrected chi connectivity index (χ4v) is 1.69. The highest BCUT2D eigenvalue weighted by molar-refractivity contribution is 9.10. The second-order valence-corrected chi connectivity index (χ2v) is 4.41. The van der Waals surface area contributed by atoms with E-state index >= 15 is 0 Å². The Morgan fingerprint density at radius 1 is 1.62 bits per heavy atom. The molecule has 2 rings (SSSR count). The normalized spacial score (nSPS) is 15.8. The van der Waals surface area contributed by atoms with Gasteiger partial charge < -0.3 is 4.74 Å². The van der Waals surface area contributed by atoms with Gasteiger partial charge in [-0.25, -0.2) is 4.98 Å². The molecule has 1 aromatic heterocycles. The van der Waals surface area contributed by atoms with Crippen LogP contribution in [-0.2, 0) is 0 Å². The van der Waals surface area contributed by atoms with Crippen molar-refractivity contribution in [3.63, 3.8) is 0 Å². The fourth-order valence-electron chi connectivity index (χ4n) is 1.11. The average Bonchev–Trinajstić information content (AvgIpc) is 2.86. The Bertz CT molecular complexity index is 310. The van der Waals surface area contributed by atoms with Crippen molar-refractivity contribution in [1.82, 2.24) is 4.98 Å². The van der Waals surface area contributed by atoms with Gasteiger partial charge in [-0.1, -0.05) is 0 Å². The third-order valence-corrected chi connectivity index (χ3v) is 2.66. The lowest BCUT2D eigenvalue weighted by atomic mass is 10.3. The van der Waals surface area contributed by atoms with E-state index in [2.05, 4.69) is 20.9 Å². The molecule has 2 nitrogen and oxygen atoms in total. The summed E-state index contributed by atoms with van der Waals surface area (Å²) in [5.41, 5.74) is 1.14. The Labute approximate surface area is 86.5 Å². The van der Waals surface area contributed by atoms with Crippen LogP contribution in [0, 0.1) is 12.8 Å². The molecule has 1 aliphatic rings. The Morgan fingerprint density at radius 3 is 3.00 bits per heavy atom. The molecule has 0 aliphatic heterocycles. The summed E-state index contributed by atoms with van der Waals surface area (Å²) in [7, 11) is 0. The van der Waals surface area contributed by atoms with Crippen LogP contribution >= 0.6 is 15.9 Å². The van der Waals surface area contributed by atoms with Gasteiger partial charge in [-0.15, -0.1) is 0 Å². The van der Waals surface area contributed by atoms with Crippen molar-refractivity contribution in [2.24, 2.45) is 5.92 Å². The highest BCUT2D eigenvalue weighted by atomic mass is 79.9. The van der Waals surface area contributed by atoms with Gasteiger partial charge in [0.15, 0.2) is 0 Å². The SMILES string of the molecule is Cc1cnc(OCC2CC2)c(Br)c1. The zero-order chi connectivity index (χ0) is 9.26. The standard InChI is InChI=1S/C10H12BrNO/c1-7-4-9(11)10(12-5-7)13-6-8-2-3-8/h4-5,8H,2-3,6H2,1H3. The summed E-state index contributed by atoms with van der Waals surface area (Å²) < 4.78 is 6.51. The highest BCUT2D eigenvalue weighted by Gasteiger charge is 2.22. The third-order valence-electron chi connectivity index (χ3n) is 2.10. The molecule has 1 heterocycles. The molecule has 0 bridgehead atoms. The monoisotopic (exact) mass is 241 g/mol. The van der Waals surface area contributed by atoms with Gasteiger partial charge in [0.25, 0.3) is 0 Å². The summed E-state index contributed by atoms with van der Waals surface area (Å²) in [5.74, 6) is 1.49. The van der Waals surface area contributed by atoms with Gasteiger partial charge in [0.05, 0.1) is 11.1 Å². The first-order valence-electron chi connectivity index (χ1n) is 4.50. The van der Waals surface area contributed by atoms with Gasteiger partial charge in [-0.2, -0.15) is 0 Å². The van der Waals surface area contributed by atoms with E-state index in [1.807, 2.05) is 19.2 Å². The van der Waals surface area contributed by atoms with Crippen molar-refractivity contribution in [2.45, 2.75) is 19.8 Å². The number of pyridine rings is 1. The molecule has 0 N–H and O–H groups in total. The molecule has 3 heteroatoms. The van der Waals surface area contributed by atoms with Gasteiger partial charge in [0.1, 0.15) is 0 Å². The van der Waals surface area contributed by atoms with Crippen LogP contribution in [-0.4, -0.2) is 11.6 Å². The molecular weight excluding hydrogens is 230 g/mol. The zero-order valence-electron chi connectivity index (χ0n) is 7.59. The van der Waals surface area contributed by atoms with Crippen molar-refractivity contribution < 1.29 is 4.74 Å². The predicted octanol–water partition coefficient (Wildman–Crippen LogP) is 2.94. The Morgan fingerprint density at radius 2 is 2.38 bits per heavy atom. The molecule has 0 unspecified atom stereocenters. The van der Waals surface area contributed by atoms with E-state index in [1.54, 1.807) is 0 Å². The minimum atomic E-state index is 0.720. The smallest absolute Gasteiger partial charge is 0.227 e. The first kappa shape index (κ1) is 9.00. The molecule has 13 heavy (non-hydrogen) atoms. The number of hydrogen-bond donors (Lipinski definition) is 0. The summed E-state index contributed by atoms with van der Waals surface area (Å²) in [4.78, 5) is 4.21. The zero-order valence-corrected chi connectivity index (χ0v) is 9.17. The lowest BCUT2D eigenvalue weighted by Gasteiger charge is -2.05. The third kappa shape index (κ3) is 2.44. The molecule has 0 amide bonds. The first-order valence-corrected chi connectivity index (χ1v) is 5.30. The first-order chi connectivity index (χ1) is 6.25. The lowest BCUT2D eigenvalue weighted by Crippen LogP contribution is -2.01. The van der Waals surface area contributed by atoms with Crippen LogP contribution in [0.1, 0.15) is 18.4 Å². The average molecular weight is 242 g/mol. The molecule has 1 fully saturated rings. The second kappa shape index (κ2) is 3.66. The molecule has 70 valence electrons. The number of rotatable bonds is 3. The minimum Gasteiger partial charge on any atom is -0.477 e. The Balaban J connectivity index is 2.01. The van der Waals surface area contributed by atoms with Crippen molar-refractivity contribution in [3.05, 3.63) is 22.3 Å². The maximum absolute atomic E-state index is 5.56. The summed E-state index contributed by atoms with van der Waals surface area (Å²) in [6.45, 7) is 2.83. The van der Waals surface area contributed by atoms with Crippen LogP contribution in [0.25, 0.3) is 0 Å². The van der Waals surface area contributed by atoms with Crippen LogP contribution < -0.4 is 4.74 Å². The van der Waals surface area contributed by atoms with Crippen molar-refractivity contribution in [3.8, 4) is 5.88 Å². The lowest BCUT2D eigenvalue weighted by molar-refractivity contribution is 0.286. The number of aryl methyl sites for hydroxylation is 1. The maximum atomic E-state index is 5.56. The molecule has 1 aliphatic carbocycles. The number of halogens is 1. The summed E-state index contributed by atoms with van der Waals surface area (Å²) in [6.07, 6.45) is 4.44. The van der Waals surface area contributed by atoms with E-state index in [0.717, 1.165) is 28.4 Å². The largest absolute Gasteiger partial charge is 0.477 e. The molecule has 0 atom stereocenters. The van der Waals surface area contributed by atoms with Crippen molar-refractivity contribution >= 4 is 15.9 Å². The van der Waals surface area contributed by atoms with Gasteiger partial charge >= 0.3 is 0 Å². The fraction of sp³-hybridized carbons (Fsp3) is 0.500. The highest BCUT2D eigenvalue weighted by Crippen LogP contribution is 2.30. The topological polar surface area (TPSA) is 22.1 Å². The quantitative estimate of drug-likeness (QED) is 0.812. The van der Waals surface area contributed by atoms with Gasteiger partial charge in [-0.3, -0.25) is 0 Å². The van der Waals surface area contributed by atoms with Crippen LogP contribution in [0.3, 0.4) is 0 Å². The molecule has 0 aromatic carbocycles. The summed E-state index contributed by atoms with van der Waals surface area (Å²) >= 11 is 3.43. The molecular formula is C10H12BrNO. The van der Waals surface area contributed by atoms with Crippen LogP contribution in [0.2, 0.25) is 0 Å². The van der Waals surface area contributed by atoms with Crippen molar-refractivity contribution in [2.75, 3.05) is 6.61 Å². The predicted molar refractivity (Wildman–Crippen MR) is 54.9 cm³/mol. The number of ether oxygens (including phenoxy) is 1. The van der Waals surface area contributed by atoms with Gasteiger partial charge in [0, 0.05) is 6.20 Å². The van der Waals surface area contributed by atoms with Crippen molar-refractivity contribution in [1.29, 1.82) is 0 Å². The van der Waals surface area contributed by atoms with Gasteiger partial charge in [-0.05, 0) is 53.2 Å². The number of hydrogen-bond acceptors (Lipinski definition) is 2. The maximum Gasteiger partial charge on any atom is 0.227 e.